The largest absolute Gasteiger partial charge is 0.295 e. The molecule has 7 unspecified atom stereocenters. The minimum atomic E-state index is 0.231. The summed E-state index contributed by atoms with van der Waals surface area (Å²) < 4.78 is 0. The van der Waals surface area contributed by atoms with Crippen LogP contribution in [-0.2, 0) is 4.79 Å². The minimum Gasteiger partial charge on any atom is -0.295 e. The zero-order valence-electron chi connectivity index (χ0n) is 17.6. The Labute approximate surface area is 165 Å². The van der Waals surface area contributed by atoms with Crippen LogP contribution in [0.1, 0.15) is 72.1 Å². The average Bonchev–Trinajstić information content (AvgIpc) is 3.41. The van der Waals surface area contributed by atoms with Crippen molar-refractivity contribution in [1.29, 1.82) is 0 Å². The van der Waals surface area contributed by atoms with E-state index in [0.29, 0.717) is 17.1 Å². The minimum absolute atomic E-state index is 0.231. The lowest BCUT2D eigenvalue weighted by atomic mass is 9.44. The van der Waals surface area contributed by atoms with Gasteiger partial charge in [0.05, 0.1) is 0 Å². The van der Waals surface area contributed by atoms with Crippen LogP contribution >= 0.6 is 0 Å². The predicted molar refractivity (Wildman–Crippen MR) is 110 cm³/mol. The fourth-order valence-corrected chi connectivity index (χ4v) is 9.32. The molecule has 5 aliphatic rings. The molecular formula is C25H36NO+. The Morgan fingerprint density at radius 3 is 2.74 bits per heavy atom. The van der Waals surface area contributed by atoms with Gasteiger partial charge in [-0.25, -0.2) is 0 Å². The molecule has 0 heterocycles. The van der Waals surface area contributed by atoms with Gasteiger partial charge in [-0.05, 0) is 97.9 Å². The van der Waals surface area contributed by atoms with Gasteiger partial charge in [0.25, 0.3) is 13.1 Å². The van der Waals surface area contributed by atoms with Crippen LogP contribution in [0.25, 0.3) is 4.85 Å². The van der Waals surface area contributed by atoms with Crippen LogP contribution in [0.15, 0.2) is 11.6 Å². The fraction of sp³-hybridized carbons (Fsp3) is 0.840. The number of hydrogen-bond donors (Lipinski definition) is 0. The second kappa shape index (κ2) is 5.95. The summed E-state index contributed by atoms with van der Waals surface area (Å²) in [6.45, 7) is 7.36. The van der Waals surface area contributed by atoms with E-state index in [9.17, 15) is 4.79 Å². The van der Waals surface area contributed by atoms with Gasteiger partial charge in [-0.2, -0.15) is 0 Å². The summed E-state index contributed by atoms with van der Waals surface area (Å²) in [4.78, 5) is 16.5. The van der Waals surface area contributed by atoms with Crippen LogP contribution in [0.4, 0.5) is 0 Å². The fourth-order valence-electron chi connectivity index (χ4n) is 9.32. The van der Waals surface area contributed by atoms with E-state index in [4.69, 9.17) is 0 Å². The van der Waals surface area contributed by atoms with Crippen molar-refractivity contribution in [2.75, 3.05) is 7.05 Å². The van der Waals surface area contributed by atoms with Crippen molar-refractivity contribution in [3.63, 3.8) is 0 Å². The Hall–Kier alpha value is -1.10. The van der Waals surface area contributed by atoms with E-state index < -0.39 is 0 Å². The molecule has 27 heavy (non-hydrogen) atoms. The summed E-state index contributed by atoms with van der Waals surface area (Å²) in [7, 11) is 1.94. The highest BCUT2D eigenvalue weighted by atomic mass is 16.1. The first-order chi connectivity index (χ1) is 13.0. The van der Waals surface area contributed by atoms with Crippen LogP contribution < -0.4 is 0 Å². The average molecular weight is 367 g/mol. The summed E-state index contributed by atoms with van der Waals surface area (Å²) in [6.07, 6.45) is 11.8. The normalized spacial score (nSPS) is 52.5. The highest BCUT2D eigenvalue weighted by Gasteiger charge is 2.78. The van der Waals surface area contributed by atoms with E-state index >= 15 is 0 Å². The van der Waals surface area contributed by atoms with Gasteiger partial charge in [-0.1, -0.05) is 31.2 Å². The molecule has 5 rings (SSSR count). The molecule has 0 aliphatic heterocycles. The molecule has 0 spiro atoms. The topological polar surface area (TPSA) is 21.4 Å². The van der Waals surface area contributed by atoms with Gasteiger partial charge in [0, 0.05) is 6.42 Å². The Balaban J connectivity index is 1.58. The lowest BCUT2D eigenvalue weighted by Gasteiger charge is -2.59. The first kappa shape index (κ1) is 18.0. The molecule has 5 aliphatic carbocycles. The van der Waals surface area contributed by atoms with Gasteiger partial charge in [0.1, 0.15) is 5.41 Å². The zero-order valence-corrected chi connectivity index (χ0v) is 17.6. The first-order valence-electron chi connectivity index (χ1n) is 11.6. The molecule has 4 fully saturated rings. The summed E-state index contributed by atoms with van der Waals surface area (Å²) in [6, 6.07) is 3.73. The Morgan fingerprint density at radius 1 is 1.22 bits per heavy atom. The highest BCUT2D eigenvalue weighted by Crippen LogP contribution is 2.81. The Bertz CT molecular complexity index is 756. The van der Waals surface area contributed by atoms with E-state index in [1.54, 1.807) is 0 Å². The van der Waals surface area contributed by atoms with Gasteiger partial charge >= 0.3 is 0 Å². The predicted octanol–water partition coefficient (Wildman–Crippen LogP) is 5.98. The SMILES string of the molecule is CCC12CCC3C4CCC(=O)C=C4CC(C)C3[C@@H]1C1CC1[C@@]2(C#[N+]C)CC. The molecule has 9 atom stereocenters. The smallest absolute Gasteiger partial charge is 0.280 e. The lowest BCUT2D eigenvalue weighted by Crippen LogP contribution is -2.54. The van der Waals surface area contributed by atoms with Crippen molar-refractivity contribution in [1.82, 2.24) is 0 Å². The molecule has 0 aromatic heterocycles. The number of carbonyl (C=O) groups is 1. The van der Waals surface area contributed by atoms with Gasteiger partial charge in [-0.15, -0.1) is 0 Å². The number of rotatable bonds is 2. The van der Waals surface area contributed by atoms with E-state index in [2.05, 4.69) is 31.7 Å². The summed E-state index contributed by atoms with van der Waals surface area (Å²) in [5.41, 5.74) is 2.17. The number of ketones is 1. The monoisotopic (exact) mass is 366 g/mol. The zero-order chi connectivity index (χ0) is 19.0. The number of allylic oxidation sites excluding steroid dienone is 1. The summed E-state index contributed by atoms with van der Waals surface area (Å²) >= 11 is 0. The highest BCUT2D eigenvalue weighted by molar-refractivity contribution is 5.91. The molecule has 0 saturated heterocycles. The molecule has 0 aromatic carbocycles. The molecule has 0 bridgehead atoms. The Morgan fingerprint density at radius 2 is 2.04 bits per heavy atom. The van der Waals surface area contributed by atoms with Crippen LogP contribution in [0.2, 0.25) is 0 Å². The van der Waals surface area contributed by atoms with Crippen molar-refractivity contribution in [3.05, 3.63) is 16.5 Å². The third-order valence-corrected chi connectivity index (χ3v) is 10.0. The van der Waals surface area contributed by atoms with Crippen molar-refractivity contribution < 1.29 is 4.79 Å². The Kier molecular flexibility index (Phi) is 3.96. The maximum absolute atomic E-state index is 12.0. The van der Waals surface area contributed by atoms with Gasteiger partial charge < -0.3 is 0 Å². The summed E-state index contributed by atoms with van der Waals surface area (Å²) in [5, 5.41) is 0. The molecule has 2 heteroatoms. The van der Waals surface area contributed by atoms with Crippen molar-refractivity contribution in [2.24, 2.45) is 52.3 Å². The van der Waals surface area contributed by atoms with Crippen LogP contribution in [0, 0.1) is 58.3 Å². The van der Waals surface area contributed by atoms with Crippen molar-refractivity contribution >= 4 is 5.78 Å². The second-order valence-corrected chi connectivity index (χ2v) is 10.5. The number of nitrogens with zero attached hydrogens (tertiary/aromatic N) is 1. The van der Waals surface area contributed by atoms with Crippen LogP contribution in [0.5, 0.6) is 0 Å². The molecule has 2 nitrogen and oxygen atoms in total. The van der Waals surface area contributed by atoms with E-state index in [0.717, 1.165) is 48.3 Å². The first-order valence-corrected chi connectivity index (χ1v) is 11.6. The van der Waals surface area contributed by atoms with Crippen molar-refractivity contribution in [3.8, 4) is 6.07 Å². The third-order valence-electron chi connectivity index (χ3n) is 10.0. The standard InChI is InChI=1S/C25H36NO/c1-5-24-10-9-19-18-8-7-17(27)12-16(18)11-15(3)22(19)23(24)20-13-21(20)25(24,6-2)14-26-4/h12,15,18-23H,5-11,13H2,1-4H3/q+1/t15?,18?,19?,20?,21?,22?,23-,24?,25-/m0/s1. The maximum Gasteiger partial charge on any atom is 0.280 e. The third kappa shape index (κ3) is 2.10. The molecule has 0 amide bonds. The molecule has 0 radical (unpaired) electrons. The number of hydrogen-bond acceptors (Lipinski definition) is 1. The molecule has 0 aromatic rings. The maximum atomic E-state index is 12.0. The quantitative estimate of drug-likeness (QED) is 0.589. The molecule has 0 N–H and O–H groups in total. The van der Waals surface area contributed by atoms with Gasteiger partial charge in [-0.3, -0.25) is 4.79 Å². The summed E-state index contributed by atoms with van der Waals surface area (Å²) in [5.74, 6) is 6.13. The van der Waals surface area contributed by atoms with E-state index in [1.165, 1.54) is 44.1 Å². The van der Waals surface area contributed by atoms with Crippen molar-refractivity contribution in [2.45, 2.75) is 72.1 Å². The van der Waals surface area contributed by atoms with Crippen LogP contribution in [-0.4, -0.2) is 12.8 Å². The molecule has 4 saturated carbocycles. The number of fused-ring (bicyclic) bond motifs is 7. The number of carbonyl (C=O) groups excluding carboxylic acids is 1. The molecule has 146 valence electrons. The van der Waals surface area contributed by atoms with Gasteiger partial charge in [0.2, 0.25) is 0 Å². The lowest BCUT2D eigenvalue weighted by molar-refractivity contribution is -0.117. The van der Waals surface area contributed by atoms with E-state index in [1.807, 2.05) is 13.1 Å². The van der Waals surface area contributed by atoms with Gasteiger partial charge in [0.15, 0.2) is 5.78 Å². The van der Waals surface area contributed by atoms with E-state index in [-0.39, 0.29) is 5.41 Å². The second-order valence-electron chi connectivity index (χ2n) is 10.5. The van der Waals surface area contributed by atoms with Crippen LogP contribution in [0.3, 0.4) is 0 Å². The molecular weight excluding hydrogens is 330 g/mol.